The monoisotopic (exact) mass is 334 g/mol. The van der Waals surface area contributed by atoms with Gasteiger partial charge >= 0.3 is 0 Å². The average molecular weight is 334 g/mol. The number of nitrogens with one attached hydrogen (secondary N) is 1. The number of ether oxygens (including phenoxy) is 1. The van der Waals surface area contributed by atoms with Gasteiger partial charge in [0.15, 0.2) is 0 Å². The molecule has 0 aliphatic rings. The van der Waals surface area contributed by atoms with Gasteiger partial charge in [0.05, 0.1) is 0 Å². The van der Waals surface area contributed by atoms with Crippen molar-refractivity contribution in [3.05, 3.63) is 94.4 Å². The first kappa shape index (κ1) is 16.5. The first-order valence-corrected chi connectivity index (χ1v) is 7.90. The van der Waals surface area contributed by atoms with Gasteiger partial charge in [0.25, 0.3) is 11.5 Å². The molecule has 3 aromatic rings. The van der Waals surface area contributed by atoms with Crippen LogP contribution in [0.15, 0.2) is 77.7 Å². The van der Waals surface area contributed by atoms with Crippen LogP contribution in [0, 0.1) is 0 Å². The van der Waals surface area contributed by atoms with E-state index in [1.165, 1.54) is 10.6 Å². The summed E-state index contributed by atoms with van der Waals surface area (Å²) < 4.78 is 7.25. The number of amides is 1. The van der Waals surface area contributed by atoms with Crippen molar-refractivity contribution in [1.82, 2.24) is 9.88 Å². The van der Waals surface area contributed by atoms with E-state index in [9.17, 15) is 9.59 Å². The van der Waals surface area contributed by atoms with E-state index in [-0.39, 0.29) is 17.7 Å². The zero-order valence-electron chi connectivity index (χ0n) is 13.8. The lowest BCUT2D eigenvalue weighted by Gasteiger charge is -2.12. The zero-order chi connectivity index (χ0) is 17.6. The van der Waals surface area contributed by atoms with Gasteiger partial charge in [-0.3, -0.25) is 9.59 Å². The van der Waals surface area contributed by atoms with E-state index < -0.39 is 5.91 Å². The fourth-order valence-electron chi connectivity index (χ4n) is 2.41. The van der Waals surface area contributed by atoms with Crippen LogP contribution in [0.4, 0.5) is 0 Å². The maximum Gasteiger partial charge on any atom is 0.263 e. The molecule has 1 amide bonds. The highest BCUT2D eigenvalue weighted by Gasteiger charge is 2.12. The molecule has 0 fully saturated rings. The molecule has 5 heteroatoms. The third-order valence-electron chi connectivity index (χ3n) is 3.75. The minimum absolute atomic E-state index is 0.117. The smallest absolute Gasteiger partial charge is 0.263 e. The molecule has 0 aliphatic carbocycles. The molecule has 1 heterocycles. The maximum absolute atomic E-state index is 12.3. The zero-order valence-corrected chi connectivity index (χ0v) is 13.8. The van der Waals surface area contributed by atoms with Crippen molar-refractivity contribution in [2.75, 3.05) is 0 Å². The molecule has 3 rings (SSSR count). The Kier molecular flexibility index (Phi) is 4.95. The minimum Gasteiger partial charge on any atom is -0.457 e. The molecule has 0 unspecified atom stereocenters. The van der Waals surface area contributed by atoms with Crippen molar-refractivity contribution in [3.63, 3.8) is 0 Å². The van der Waals surface area contributed by atoms with Crippen molar-refractivity contribution in [3.8, 4) is 11.5 Å². The van der Waals surface area contributed by atoms with Crippen molar-refractivity contribution in [1.29, 1.82) is 0 Å². The second kappa shape index (κ2) is 7.49. The third kappa shape index (κ3) is 3.95. The summed E-state index contributed by atoms with van der Waals surface area (Å²) >= 11 is 0. The molecular weight excluding hydrogens is 316 g/mol. The summed E-state index contributed by atoms with van der Waals surface area (Å²) in [6, 6.07) is 20.1. The number of pyridine rings is 1. The largest absolute Gasteiger partial charge is 0.457 e. The van der Waals surface area contributed by atoms with Gasteiger partial charge in [-0.2, -0.15) is 0 Å². The predicted molar refractivity (Wildman–Crippen MR) is 95.8 cm³/mol. The molecule has 5 nitrogen and oxygen atoms in total. The number of aromatic nitrogens is 1. The molecular formula is C20H18N2O3. The van der Waals surface area contributed by atoms with Crippen molar-refractivity contribution < 1.29 is 9.53 Å². The first-order valence-electron chi connectivity index (χ1n) is 7.90. The van der Waals surface area contributed by atoms with Gasteiger partial charge in [0, 0.05) is 25.4 Å². The lowest BCUT2D eigenvalue weighted by atomic mass is 10.2. The van der Waals surface area contributed by atoms with Gasteiger partial charge in [0.2, 0.25) is 0 Å². The molecule has 0 saturated carbocycles. The van der Waals surface area contributed by atoms with Crippen LogP contribution in [0.5, 0.6) is 11.5 Å². The van der Waals surface area contributed by atoms with Gasteiger partial charge in [0.1, 0.15) is 17.1 Å². The number of benzene rings is 2. The van der Waals surface area contributed by atoms with Gasteiger partial charge in [-0.1, -0.05) is 36.4 Å². The Labute approximate surface area is 145 Å². The number of hydrogen-bond donors (Lipinski definition) is 1. The van der Waals surface area contributed by atoms with Gasteiger partial charge in [-0.15, -0.1) is 0 Å². The van der Waals surface area contributed by atoms with Gasteiger partial charge in [-0.25, -0.2) is 0 Å². The van der Waals surface area contributed by atoms with Gasteiger partial charge < -0.3 is 14.6 Å². The van der Waals surface area contributed by atoms with E-state index in [2.05, 4.69) is 5.32 Å². The molecule has 25 heavy (non-hydrogen) atoms. The number of para-hydroxylation sites is 2. The number of carbonyl (C=O) groups is 1. The molecule has 0 spiro atoms. The summed E-state index contributed by atoms with van der Waals surface area (Å²) in [4.78, 5) is 24.3. The van der Waals surface area contributed by atoms with Crippen LogP contribution in [-0.4, -0.2) is 10.5 Å². The molecule has 0 saturated heterocycles. The maximum atomic E-state index is 12.3. The Morgan fingerprint density at radius 3 is 2.52 bits per heavy atom. The summed E-state index contributed by atoms with van der Waals surface area (Å²) in [5, 5.41) is 2.78. The topological polar surface area (TPSA) is 60.3 Å². The summed E-state index contributed by atoms with van der Waals surface area (Å²) in [5.41, 5.74) is 0.618. The second-order valence-corrected chi connectivity index (χ2v) is 5.54. The fourth-order valence-corrected chi connectivity index (χ4v) is 2.41. The number of hydrogen-bond acceptors (Lipinski definition) is 3. The lowest BCUT2D eigenvalue weighted by molar-refractivity contribution is 0.0948. The molecule has 126 valence electrons. The van der Waals surface area contributed by atoms with Crippen LogP contribution in [0.2, 0.25) is 0 Å². The highest BCUT2D eigenvalue weighted by atomic mass is 16.5. The van der Waals surface area contributed by atoms with Crippen LogP contribution in [-0.2, 0) is 13.6 Å². The molecule has 0 aliphatic heterocycles. The normalized spacial score (nSPS) is 10.3. The first-order chi connectivity index (χ1) is 12.1. The van der Waals surface area contributed by atoms with Gasteiger partial charge in [-0.05, 0) is 30.3 Å². The standard InChI is InChI=1S/C20H18N2O3/c1-22-13-7-11-17(20(22)24)19(23)21-14-15-8-5-6-12-18(15)25-16-9-3-2-4-10-16/h2-13H,14H2,1H3,(H,21,23). The molecule has 1 N–H and O–H groups in total. The van der Waals surface area contributed by atoms with E-state index in [4.69, 9.17) is 4.74 Å². The predicted octanol–water partition coefficient (Wildman–Crippen LogP) is 3.11. The Morgan fingerprint density at radius 2 is 1.72 bits per heavy atom. The Morgan fingerprint density at radius 1 is 1.00 bits per heavy atom. The molecule has 0 bridgehead atoms. The summed E-state index contributed by atoms with van der Waals surface area (Å²) in [6.07, 6.45) is 1.61. The van der Waals surface area contributed by atoms with Crippen molar-refractivity contribution >= 4 is 5.91 Å². The van der Waals surface area contributed by atoms with Crippen LogP contribution >= 0.6 is 0 Å². The van der Waals surface area contributed by atoms with Crippen LogP contribution in [0.1, 0.15) is 15.9 Å². The number of rotatable bonds is 5. The number of carbonyl (C=O) groups excluding carboxylic acids is 1. The minimum atomic E-state index is -0.407. The van der Waals surface area contributed by atoms with E-state index in [1.807, 2.05) is 54.6 Å². The van der Waals surface area contributed by atoms with E-state index in [1.54, 1.807) is 19.3 Å². The summed E-state index contributed by atoms with van der Waals surface area (Å²) in [5.74, 6) is 0.976. The van der Waals surface area contributed by atoms with Crippen molar-refractivity contribution in [2.24, 2.45) is 7.05 Å². The van der Waals surface area contributed by atoms with Crippen molar-refractivity contribution in [2.45, 2.75) is 6.54 Å². The van der Waals surface area contributed by atoms with E-state index in [0.717, 1.165) is 11.3 Å². The molecule has 0 atom stereocenters. The highest BCUT2D eigenvalue weighted by Crippen LogP contribution is 2.24. The summed E-state index contributed by atoms with van der Waals surface area (Å²) in [7, 11) is 1.61. The second-order valence-electron chi connectivity index (χ2n) is 5.54. The van der Waals surface area contributed by atoms with Crippen LogP contribution in [0.3, 0.4) is 0 Å². The number of nitrogens with zero attached hydrogens (tertiary/aromatic N) is 1. The van der Waals surface area contributed by atoms with E-state index in [0.29, 0.717) is 5.75 Å². The third-order valence-corrected chi connectivity index (χ3v) is 3.75. The van der Waals surface area contributed by atoms with Crippen LogP contribution in [0.25, 0.3) is 0 Å². The van der Waals surface area contributed by atoms with Crippen LogP contribution < -0.4 is 15.6 Å². The Bertz CT molecular complexity index is 933. The Balaban J connectivity index is 1.74. The number of aryl methyl sites for hydroxylation is 1. The quantitative estimate of drug-likeness (QED) is 0.780. The summed E-state index contributed by atoms with van der Waals surface area (Å²) in [6.45, 7) is 0.264. The highest BCUT2D eigenvalue weighted by molar-refractivity contribution is 5.93. The van der Waals surface area contributed by atoms with E-state index >= 15 is 0 Å². The molecule has 0 radical (unpaired) electrons. The lowest BCUT2D eigenvalue weighted by Crippen LogP contribution is -2.31. The Hall–Kier alpha value is -3.34. The SMILES string of the molecule is Cn1cccc(C(=O)NCc2ccccc2Oc2ccccc2)c1=O. The molecule has 1 aromatic heterocycles. The molecule has 2 aromatic carbocycles. The fraction of sp³-hybridized carbons (Fsp3) is 0.100. The average Bonchev–Trinajstić information content (AvgIpc) is 2.64.